The highest BCUT2D eigenvalue weighted by molar-refractivity contribution is 7.15. The number of pyridine rings is 1. The van der Waals surface area contributed by atoms with Gasteiger partial charge in [-0.05, 0) is 57.9 Å². The van der Waals surface area contributed by atoms with Gasteiger partial charge >= 0.3 is 6.09 Å². The summed E-state index contributed by atoms with van der Waals surface area (Å²) in [5.74, 6) is 0.452. The summed E-state index contributed by atoms with van der Waals surface area (Å²) >= 11 is 1.67. The Hall–Kier alpha value is -2.73. The Kier molecular flexibility index (Phi) is 5.79. The highest BCUT2D eigenvalue weighted by Crippen LogP contribution is 2.37. The van der Waals surface area contributed by atoms with Crippen molar-refractivity contribution in [1.29, 1.82) is 0 Å². The van der Waals surface area contributed by atoms with Crippen LogP contribution < -0.4 is 5.32 Å². The van der Waals surface area contributed by atoms with Crippen molar-refractivity contribution in [3.05, 3.63) is 53.2 Å². The second-order valence-electron chi connectivity index (χ2n) is 7.57. The van der Waals surface area contributed by atoms with E-state index in [1.807, 2.05) is 39.0 Å². The molecule has 28 heavy (non-hydrogen) atoms. The number of hydrogen-bond acceptors (Lipinski definition) is 5. The number of amides is 1. The first kappa shape index (κ1) is 20.0. The predicted molar refractivity (Wildman–Crippen MR) is 115 cm³/mol. The third-order valence-corrected chi connectivity index (χ3v) is 5.17. The van der Waals surface area contributed by atoms with Crippen LogP contribution in [0.2, 0.25) is 0 Å². The van der Waals surface area contributed by atoms with Crippen LogP contribution in [0.5, 0.6) is 0 Å². The van der Waals surface area contributed by atoms with Crippen LogP contribution in [0.3, 0.4) is 0 Å². The molecule has 1 amide bonds. The van der Waals surface area contributed by atoms with Crippen LogP contribution in [0.15, 0.2) is 42.6 Å². The van der Waals surface area contributed by atoms with E-state index in [2.05, 4.69) is 42.3 Å². The van der Waals surface area contributed by atoms with Crippen LogP contribution in [0.25, 0.3) is 21.7 Å². The second-order valence-corrected chi connectivity index (χ2v) is 8.65. The van der Waals surface area contributed by atoms with E-state index in [0.29, 0.717) is 5.82 Å². The molecular formula is C22H25N3O2S. The summed E-state index contributed by atoms with van der Waals surface area (Å²) in [5.41, 5.74) is 3.64. The van der Waals surface area contributed by atoms with Gasteiger partial charge < -0.3 is 4.74 Å². The Morgan fingerprint density at radius 1 is 1.18 bits per heavy atom. The molecule has 0 saturated carbocycles. The quantitative estimate of drug-likeness (QED) is 0.580. The van der Waals surface area contributed by atoms with E-state index in [9.17, 15) is 4.79 Å². The largest absolute Gasteiger partial charge is 0.444 e. The average molecular weight is 396 g/mol. The average Bonchev–Trinajstić information content (AvgIpc) is 3.05. The number of nitrogens with one attached hydrogen (secondary N) is 1. The molecule has 0 bridgehead atoms. The van der Waals surface area contributed by atoms with Gasteiger partial charge in [0.1, 0.15) is 11.4 Å². The zero-order chi connectivity index (χ0) is 20.3. The minimum absolute atomic E-state index is 0.452. The van der Waals surface area contributed by atoms with Crippen molar-refractivity contribution in [2.45, 2.75) is 46.6 Å². The maximum absolute atomic E-state index is 12.1. The van der Waals surface area contributed by atoms with Gasteiger partial charge in [-0.15, -0.1) is 11.3 Å². The number of thiazole rings is 1. The van der Waals surface area contributed by atoms with Gasteiger partial charge in [-0.2, -0.15) is 0 Å². The molecule has 0 aliphatic carbocycles. The van der Waals surface area contributed by atoms with Crippen molar-refractivity contribution < 1.29 is 9.53 Å². The Morgan fingerprint density at radius 3 is 2.64 bits per heavy atom. The number of carbonyl (C=O) groups is 1. The molecule has 1 aromatic carbocycles. The van der Waals surface area contributed by atoms with Gasteiger partial charge in [-0.3, -0.25) is 5.32 Å². The molecule has 0 radical (unpaired) electrons. The molecule has 0 saturated heterocycles. The van der Waals surface area contributed by atoms with Crippen LogP contribution >= 0.6 is 11.3 Å². The smallest absolute Gasteiger partial charge is 0.413 e. The lowest BCUT2D eigenvalue weighted by molar-refractivity contribution is 0.0635. The van der Waals surface area contributed by atoms with Crippen LogP contribution in [0.1, 0.15) is 38.3 Å². The molecule has 2 aromatic heterocycles. The Balaban J connectivity index is 1.96. The number of ether oxygens (including phenoxy) is 1. The zero-order valence-corrected chi connectivity index (χ0v) is 17.7. The van der Waals surface area contributed by atoms with E-state index < -0.39 is 11.7 Å². The van der Waals surface area contributed by atoms with Crippen LogP contribution in [0, 0.1) is 6.92 Å². The van der Waals surface area contributed by atoms with Crippen molar-refractivity contribution in [1.82, 2.24) is 9.97 Å². The minimum Gasteiger partial charge on any atom is -0.444 e. The number of aromatic nitrogens is 2. The first-order valence-electron chi connectivity index (χ1n) is 9.28. The number of benzene rings is 1. The monoisotopic (exact) mass is 395 g/mol. The number of hydrogen-bond donors (Lipinski definition) is 1. The fourth-order valence-electron chi connectivity index (χ4n) is 2.75. The molecule has 3 rings (SSSR count). The maximum atomic E-state index is 12.1. The highest BCUT2D eigenvalue weighted by Gasteiger charge is 2.18. The van der Waals surface area contributed by atoms with E-state index in [-0.39, 0.29) is 0 Å². The highest BCUT2D eigenvalue weighted by atomic mass is 32.1. The van der Waals surface area contributed by atoms with Gasteiger partial charge in [0, 0.05) is 11.8 Å². The fourth-order valence-corrected chi connectivity index (χ4v) is 3.77. The second kappa shape index (κ2) is 8.10. The number of nitrogens with zero attached hydrogens (tertiary/aromatic N) is 2. The lowest BCUT2D eigenvalue weighted by Crippen LogP contribution is -2.27. The van der Waals surface area contributed by atoms with Crippen molar-refractivity contribution in [2.75, 3.05) is 5.32 Å². The van der Waals surface area contributed by atoms with Crippen LogP contribution in [-0.4, -0.2) is 21.7 Å². The first-order chi connectivity index (χ1) is 13.2. The molecule has 0 fully saturated rings. The Labute approximate surface area is 169 Å². The van der Waals surface area contributed by atoms with Crippen LogP contribution in [0.4, 0.5) is 10.6 Å². The summed E-state index contributed by atoms with van der Waals surface area (Å²) < 4.78 is 5.32. The molecule has 6 heteroatoms. The zero-order valence-electron chi connectivity index (χ0n) is 16.9. The van der Waals surface area contributed by atoms with E-state index in [1.54, 1.807) is 17.5 Å². The van der Waals surface area contributed by atoms with Gasteiger partial charge in [0.15, 0.2) is 0 Å². The SMILES string of the molecule is CCc1nc(-c2cccc(C)c2)c(-c2ccnc(NC(=O)OC(C)(C)C)c2)s1. The van der Waals surface area contributed by atoms with E-state index in [0.717, 1.165) is 33.1 Å². The third kappa shape index (κ3) is 4.95. The van der Waals surface area contributed by atoms with Crippen molar-refractivity contribution >= 4 is 23.2 Å². The minimum atomic E-state index is -0.562. The standard InChI is InChI=1S/C22H25N3O2S/c1-6-18-25-19(15-9-7-8-14(2)12-15)20(28-18)16-10-11-23-17(13-16)24-21(26)27-22(3,4)5/h7-13H,6H2,1-5H3,(H,23,24,26). The molecule has 0 aliphatic heterocycles. The molecule has 0 atom stereocenters. The number of aryl methyl sites for hydroxylation is 2. The molecule has 146 valence electrons. The van der Waals surface area contributed by atoms with Crippen molar-refractivity contribution in [2.24, 2.45) is 0 Å². The van der Waals surface area contributed by atoms with Gasteiger partial charge in [-0.25, -0.2) is 14.8 Å². The summed E-state index contributed by atoms with van der Waals surface area (Å²) in [6.45, 7) is 9.66. The summed E-state index contributed by atoms with van der Waals surface area (Å²) in [6, 6.07) is 12.1. The van der Waals surface area contributed by atoms with Crippen molar-refractivity contribution in [3.8, 4) is 21.7 Å². The van der Waals surface area contributed by atoms with Crippen LogP contribution in [-0.2, 0) is 11.2 Å². The van der Waals surface area contributed by atoms with E-state index in [1.165, 1.54) is 5.56 Å². The molecule has 5 nitrogen and oxygen atoms in total. The molecule has 2 heterocycles. The molecular weight excluding hydrogens is 370 g/mol. The first-order valence-corrected chi connectivity index (χ1v) is 10.1. The molecule has 3 aromatic rings. The maximum Gasteiger partial charge on any atom is 0.413 e. The number of carbonyl (C=O) groups excluding carboxylic acids is 1. The lowest BCUT2D eigenvalue weighted by Gasteiger charge is -2.19. The normalized spacial score (nSPS) is 11.3. The Morgan fingerprint density at radius 2 is 1.96 bits per heavy atom. The molecule has 0 unspecified atom stereocenters. The lowest BCUT2D eigenvalue weighted by atomic mass is 10.1. The van der Waals surface area contributed by atoms with Gasteiger partial charge in [0.2, 0.25) is 0 Å². The van der Waals surface area contributed by atoms with E-state index in [4.69, 9.17) is 9.72 Å². The van der Waals surface area contributed by atoms with Crippen molar-refractivity contribution in [3.63, 3.8) is 0 Å². The third-order valence-electron chi connectivity index (χ3n) is 3.92. The Bertz CT molecular complexity index is 989. The summed E-state index contributed by atoms with van der Waals surface area (Å²) in [4.78, 5) is 22.2. The number of rotatable bonds is 4. The van der Waals surface area contributed by atoms with Gasteiger partial charge in [0.25, 0.3) is 0 Å². The fraction of sp³-hybridized carbons (Fsp3) is 0.318. The summed E-state index contributed by atoms with van der Waals surface area (Å²) in [5, 5.41) is 3.78. The van der Waals surface area contributed by atoms with Gasteiger partial charge in [0.05, 0.1) is 15.6 Å². The van der Waals surface area contributed by atoms with Gasteiger partial charge in [-0.1, -0.05) is 30.7 Å². The molecule has 0 aliphatic rings. The predicted octanol–water partition coefficient (Wildman–Crippen LogP) is 6.09. The number of anilines is 1. The topological polar surface area (TPSA) is 64.1 Å². The van der Waals surface area contributed by atoms with E-state index >= 15 is 0 Å². The molecule has 0 spiro atoms. The summed E-state index contributed by atoms with van der Waals surface area (Å²) in [7, 11) is 0. The molecule has 1 N–H and O–H groups in total. The summed E-state index contributed by atoms with van der Waals surface area (Å²) in [6.07, 6.45) is 2.04.